The van der Waals surface area contributed by atoms with Crippen molar-refractivity contribution >= 4 is 11.7 Å². The van der Waals surface area contributed by atoms with Gasteiger partial charge in [0.05, 0.1) is 11.3 Å². The van der Waals surface area contributed by atoms with Crippen LogP contribution >= 0.6 is 0 Å². The number of fused-ring (bicyclic) bond motifs is 1. The lowest BCUT2D eigenvalue weighted by Crippen LogP contribution is -2.47. The number of hydrogen-bond acceptors (Lipinski definition) is 5. The van der Waals surface area contributed by atoms with Crippen LogP contribution in [0.5, 0.6) is 5.75 Å². The lowest BCUT2D eigenvalue weighted by molar-refractivity contribution is 0.0795. The minimum absolute atomic E-state index is 0.0899. The number of nitrogens with one attached hydrogen (secondary N) is 1. The number of rotatable bonds is 3. The number of amides is 1. The number of ether oxygens (including phenoxy) is 1. The quantitative estimate of drug-likeness (QED) is 0.787. The maximum atomic E-state index is 12.8. The number of ketones is 1. The van der Waals surface area contributed by atoms with Gasteiger partial charge in [0.15, 0.2) is 11.5 Å². The van der Waals surface area contributed by atoms with Crippen LogP contribution in [0.1, 0.15) is 26.4 Å². The minimum atomic E-state index is -0.754. The number of para-hydroxylation sites is 1. The SMILES string of the molecule is Cc1noc(-c2ccccc2)c1C(=O)N[C@H]1COc2ccccc2C1=O. The number of Topliss-reactive ketones (excluding diaryl/α,β-unsaturated/α-hetero) is 1. The topological polar surface area (TPSA) is 81.4 Å². The molecule has 0 radical (unpaired) electrons. The molecule has 0 spiro atoms. The molecule has 0 saturated carbocycles. The fraction of sp³-hybridized carbons (Fsp3) is 0.150. The van der Waals surface area contributed by atoms with Crippen LogP contribution in [0.3, 0.4) is 0 Å². The zero-order chi connectivity index (χ0) is 18.1. The third kappa shape index (κ3) is 2.75. The standard InChI is InChI=1S/C20H16N2O4/c1-12-17(19(26-22-12)13-7-3-2-4-8-13)20(24)21-15-11-25-16-10-6-5-9-14(16)18(15)23/h2-10,15H,11H2,1H3,(H,21,24)/t15-/m0/s1. The second kappa shape index (κ2) is 6.48. The van der Waals surface area contributed by atoms with Gasteiger partial charge in [-0.3, -0.25) is 9.59 Å². The van der Waals surface area contributed by atoms with Gasteiger partial charge >= 0.3 is 0 Å². The molecule has 6 heteroatoms. The Balaban J connectivity index is 1.61. The Morgan fingerprint density at radius 3 is 2.65 bits per heavy atom. The van der Waals surface area contributed by atoms with Crippen molar-refractivity contribution < 1.29 is 18.8 Å². The van der Waals surface area contributed by atoms with Gasteiger partial charge in [-0.15, -0.1) is 0 Å². The maximum Gasteiger partial charge on any atom is 0.257 e. The maximum absolute atomic E-state index is 12.8. The highest BCUT2D eigenvalue weighted by Gasteiger charge is 2.32. The molecule has 1 atom stereocenters. The van der Waals surface area contributed by atoms with Gasteiger partial charge in [0.25, 0.3) is 5.91 Å². The average Bonchev–Trinajstić information content (AvgIpc) is 3.06. The number of carbonyl (C=O) groups excluding carboxylic acids is 2. The van der Waals surface area contributed by atoms with E-state index < -0.39 is 11.9 Å². The summed E-state index contributed by atoms with van der Waals surface area (Å²) >= 11 is 0. The van der Waals surface area contributed by atoms with Gasteiger partial charge in [0.2, 0.25) is 0 Å². The second-order valence-electron chi connectivity index (χ2n) is 6.04. The summed E-state index contributed by atoms with van der Waals surface area (Å²) in [6, 6.07) is 15.5. The predicted octanol–water partition coefficient (Wildman–Crippen LogP) is 3.02. The summed E-state index contributed by atoms with van der Waals surface area (Å²) in [5.41, 5.74) is 2.00. The van der Waals surface area contributed by atoms with Crippen LogP contribution in [0.4, 0.5) is 0 Å². The Labute approximate surface area is 149 Å². The molecule has 0 aliphatic carbocycles. The molecule has 2 aromatic carbocycles. The zero-order valence-electron chi connectivity index (χ0n) is 14.1. The Kier molecular flexibility index (Phi) is 4.01. The Hall–Kier alpha value is -3.41. The number of hydrogen-bond donors (Lipinski definition) is 1. The first-order chi connectivity index (χ1) is 12.6. The van der Waals surface area contributed by atoms with E-state index in [0.29, 0.717) is 28.3 Å². The van der Waals surface area contributed by atoms with E-state index in [2.05, 4.69) is 10.5 Å². The highest BCUT2D eigenvalue weighted by molar-refractivity contribution is 6.08. The van der Waals surface area contributed by atoms with Crippen molar-refractivity contribution in [1.82, 2.24) is 10.5 Å². The fourth-order valence-electron chi connectivity index (χ4n) is 2.99. The van der Waals surface area contributed by atoms with Crippen LogP contribution in [0.25, 0.3) is 11.3 Å². The van der Waals surface area contributed by atoms with Gasteiger partial charge in [0, 0.05) is 5.56 Å². The third-order valence-corrected chi connectivity index (χ3v) is 4.31. The molecule has 0 saturated heterocycles. The van der Waals surface area contributed by atoms with Crippen LogP contribution in [0.2, 0.25) is 0 Å². The Bertz CT molecular complexity index is 978. The van der Waals surface area contributed by atoms with Crippen LogP contribution in [0.15, 0.2) is 59.1 Å². The third-order valence-electron chi connectivity index (χ3n) is 4.31. The number of carbonyl (C=O) groups is 2. The van der Waals surface area contributed by atoms with E-state index in [1.165, 1.54) is 0 Å². The van der Waals surface area contributed by atoms with E-state index in [4.69, 9.17) is 9.26 Å². The first-order valence-electron chi connectivity index (χ1n) is 8.23. The Morgan fingerprint density at radius 2 is 1.85 bits per heavy atom. The molecule has 130 valence electrons. The Morgan fingerprint density at radius 1 is 1.12 bits per heavy atom. The summed E-state index contributed by atoms with van der Waals surface area (Å²) in [5, 5.41) is 6.66. The van der Waals surface area contributed by atoms with Gasteiger partial charge in [-0.1, -0.05) is 47.6 Å². The van der Waals surface area contributed by atoms with Crippen molar-refractivity contribution in [1.29, 1.82) is 0 Å². The summed E-state index contributed by atoms with van der Waals surface area (Å²) in [6.45, 7) is 1.78. The van der Waals surface area contributed by atoms with Crippen molar-refractivity contribution in [2.75, 3.05) is 6.61 Å². The van der Waals surface area contributed by atoms with E-state index in [9.17, 15) is 9.59 Å². The van der Waals surface area contributed by atoms with Gasteiger partial charge in [-0.2, -0.15) is 0 Å². The molecule has 3 aromatic rings. The normalized spacial score (nSPS) is 15.9. The van der Waals surface area contributed by atoms with E-state index in [0.717, 1.165) is 5.56 Å². The van der Waals surface area contributed by atoms with Gasteiger partial charge in [0.1, 0.15) is 24.0 Å². The average molecular weight is 348 g/mol. The summed E-state index contributed by atoms with van der Waals surface area (Å²) in [5.74, 6) is 0.332. The molecule has 1 aromatic heterocycles. The highest BCUT2D eigenvalue weighted by atomic mass is 16.5. The molecule has 2 heterocycles. The fourth-order valence-corrected chi connectivity index (χ4v) is 2.99. The van der Waals surface area contributed by atoms with Crippen molar-refractivity contribution in [2.24, 2.45) is 0 Å². The van der Waals surface area contributed by atoms with E-state index in [1.807, 2.05) is 30.3 Å². The van der Waals surface area contributed by atoms with Crippen LogP contribution in [-0.2, 0) is 0 Å². The van der Waals surface area contributed by atoms with Crippen molar-refractivity contribution in [3.8, 4) is 17.1 Å². The number of aryl methyl sites for hydroxylation is 1. The molecule has 0 bridgehead atoms. The smallest absolute Gasteiger partial charge is 0.257 e. The lowest BCUT2D eigenvalue weighted by Gasteiger charge is -2.24. The molecule has 6 nitrogen and oxygen atoms in total. The summed E-state index contributed by atoms with van der Waals surface area (Å²) < 4.78 is 10.9. The second-order valence-corrected chi connectivity index (χ2v) is 6.04. The summed E-state index contributed by atoms with van der Waals surface area (Å²) in [7, 11) is 0. The lowest BCUT2D eigenvalue weighted by atomic mass is 10.00. The van der Waals surface area contributed by atoms with Gasteiger partial charge < -0.3 is 14.6 Å². The minimum Gasteiger partial charge on any atom is -0.490 e. The van der Waals surface area contributed by atoms with Gasteiger partial charge in [-0.25, -0.2) is 0 Å². The first kappa shape index (κ1) is 16.1. The highest BCUT2D eigenvalue weighted by Crippen LogP contribution is 2.27. The van der Waals surface area contributed by atoms with Crippen molar-refractivity contribution in [3.05, 3.63) is 71.4 Å². The molecule has 0 unspecified atom stereocenters. The molecule has 0 fully saturated rings. The van der Waals surface area contributed by atoms with Crippen molar-refractivity contribution in [3.63, 3.8) is 0 Å². The zero-order valence-corrected chi connectivity index (χ0v) is 14.1. The summed E-state index contributed by atoms with van der Waals surface area (Å²) in [4.78, 5) is 25.5. The molecule has 1 amide bonds. The van der Waals surface area contributed by atoms with Crippen molar-refractivity contribution in [2.45, 2.75) is 13.0 Å². The van der Waals surface area contributed by atoms with Crippen LogP contribution in [-0.4, -0.2) is 29.5 Å². The van der Waals surface area contributed by atoms with E-state index in [1.54, 1.807) is 31.2 Å². The van der Waals surface area contributed by atoms with E-state index >= 15 is 0 Å². The molecular formula is C20H16N2O4. The molecule has 1 aliphatic heterocycles. The molecule has 1 N–H and O–H groups in total. The monoisotopic (exact) mass is 348 g/mol. The van der Waals surface area contributed by atoms with Gasteiger partial charge in [-0.05, 0) is 19.1 Å². The molecule has 1 aliphatic rings. The first-order valence-corrected chi connectivity index (χ1v) is 8.23. The molecule has 26 heavy (non-hydrogen) atoms. The number of nitrogens with zero attached hydrogens (tertiary/aromatic N) is 1. The van der Waals surface area contributed by atoms with Crippen LogP contribution < -0.4 is 10.1 Å². The van der Waals surface area contributed by atoms with Crippen LogP contribution in [0, 0.1) is 6.92 Å². The molecular weight excluding hydrogens is 332 g/mol. The number of aromatic nitrogens is 1. The van der Waals surface area contributed by atoms with E-state index in [-0.39, 0.29) is 12.4 Å². The predicted molar refractivity (Wildman–Crippen MR) is 94.2 cm³/mol. The summed E-state index contributed by atoms with van der Waals surface area (Å²) in [6.07, 6.45) is 0. The number of benzene rings is 2. The molecule has 4 rings (SSSR count). The largest absolute Gasteiger partial charge is 0.490 e.